The van der Waals surface area contributed by atoms with Crippen LogP contribution in [0.25, 0.3) is 0 Å². The SMILES string of the molecule is CCCOC(=O)c1ccccc1N1C(=O)C(Cl)=C(Nc2ccc(C(=O)N3CCc4ccccc4C3)cc2)C1=O. The summed E-state index contributed by atoms with van der Waals surface area (Å²) in [5.41, 5.74) is 3.44. The predicted octanol–water partition coefficient (Wildman–Crippen LogP) is 4.89. The first-order valence-electron chi connectivity index (χ1n) is 12.7. The lowest BCUT2D eigenvalue weighted by Crippen LogP contribution is -2.35. The van der Waals surface area contributed by atoms with E-state index >= 15 is 0 Å². The van der Waals surface area contributed by atoms with Gasteiger partial charge in [-0.1, -0.05) is 54.9 Å². The Morgan fingerprint density at radius 2 is 1.62 bits per heavy atom. The summed E-state index contributed by atoms with van der Waals surface area (Å²) in [6.45, 7) is 3.27. The van der Waals surface area contributed by atoms with Crippen molar-refractivity contribution in [1.82, 2.24) is 4.90 Å². The van der Waals surface area contributed by atoms with Crippen LogP contribution in [0.5, 0.6) is 0 Å². The van der Waals surface area contributed by atoms with Crippen LogP contribution in [0.3, 0.4) is 0 Å². The van der Waals surface area contributed by atoms with Crippen molar-refractivity contribution >= 4 is 46.7 Å². The summed E-state index contributed by atoms with van der Waals surface area (Å²) in [6.07, 6.45) is 1.44. The highest BCUT2D eigenvalue weighted by Gasteiger charge is 2.40. The zero-order chi connectivity index (χ0) is 27.5. The number of halogens is 1. The van der Waals surface area contributed by atoms with Gasteiger partial charge in [-0.15, -0.1) is 0 Å². The largest absolute Gasteiger partial charge is 0.462 e. The highest BCUT2D eigenvalue weighted by molar-refractivity contribution is 6.53. The number of rotatable bonds is 7. The van der Waals surface area contributed by atoms with Gasteiger partial charge in [0.25, 0.3) is 17.7 Å². The van der Waals surface area contributed by atoms with Crippen molar-refractivity contribution in [1.29, 1.82) is 0 Å². The minimum absolute atomic E-state index is 0.0848. The van der Waals surface area contributed by atoms with E-state index in [2.05, 4.69) is 11.4 Å². The van der Waals surface area contributed by atoms with Gasteiger partial charge in [0.1, 0.15) is 10.7 Å². The Hall–Kier alpha value is -4.43. The van der Waals surface area contributed by atoms with Crippen LogP contribution in [0.15, 0.2) is 83.5 Å². The van der Waals surface area contributed by atoms with Crippen LogP contribution in [0.4, 0.5) is 11.4 Å². The molecule has 2 aliphatic heterocycles. The molecule has 2 heterocycles. The summed E-state index contributed by atoms with van der Waals surface area (Å²) in [4.78, 5) is 54.6. The molecule has 0 spiro atoms. The molecule has 8 nitrogen and oxygen atoms in total. The van der Waals surface area contributed by atoms with Crippen molar-refractivity contribution in [2.75, 3.05) is 23.4 Å². The number of amides is 3. The van der Waals surface area contributed by atoms with E-state index < -0.39 is 17.8 Å². The van der Waals surface area contributed by atoms with Gasteiger partial charge in [0, 0.05) is 24.3 Å². The highest BCUT2D eigenvalue weighted by Crippen LogP contribution is 2.32. The topological polar surface area (TPSA) is 96.0 Å². The van der Waals surface area contributed by atoms with Crippen molar-refractivity contribution < 1.29 is 23.9 Å². The third kappa shape index (κ3) is 5.15. The van der Waals surface area contributed by atoms with Crippen LogP contribution in [0.1, 0.15) is 45.2 Å². The lowest BCUT2D eigenvalue weighted by molar-refractivity contribution is -0.120. The van der Waals surface area contributed by atoms with Gasteiger partial charge < -0.3 is 15.0 Å². The van der Waals surface area contributed by atoms with Crippen molar-refractivity contribution in [3.63, 3.8) is 0 Å². The van der Waals surface area contributed by atoms with E-state index in [-0.39, 0.29) is 34.5 Å². The minimum atomic E-state index is -0.753. The number of fused-ring (bicyclic) bond motifs is 1. The number of hydrogen-bond donors (Lipinski definition) is 1. The zero-order valence-electron chi connectivity index (χ0n) is 21.3. The van der Waals surface area contributed by atoms with E-state index in [0.717, 1.165) is 16.9 Å². The molecule has 0 bridgehead atoms. The molecule has 9 heteroatoms. The van der Waals surface area contributed by atoms with E-state index in [1.54, 1.807) is 36.4 Å². The normalized spacial score (nSPS) is 14.9. The van der Waals surface area contributed by atoms with Crippen LogP contribution < -0.4 is 10.2 Å². The summed E-state index contributed by atoms with van der Waals surface area (Å²) in [5.74, 6) is -2.17. The Morgan fingerprint density at radius 1 is 0.923 bits per heavy atom. The molecule has 0 fully saturated rings. The number of imide groups is 1. The molecular formula is C30H26ClN3O5. The van der Waals surface area contributed by atoms with Gasteiger partial charge in [0.2, 0.25) is 0 Å². The number of esters is 1. The lowest BCUT2D eigenvalue weighted by Gasteiger charge is -2.29. The Bertz CT molecular complexity index is 1500. The summed E-state index contributed by atoms with van der Waals surface area (Å²) in [7, 11) is 0. The quantitative estimate of drug-likeness (QED) is 0.337. The van der Waals surface area contributed by atoms with Gasteiger partial charge in [-0.2, -0.15) is 0 Å². The van der Waals surface area contributed by atoms with Gasteiger partial charge in [0.15, 0.2) is 0 Å². The zero-order valence-corrected chi connectivity index (χ0v) is 22.0. The number of ether oxygens (including phenoxy) is 1. The van der Waals surface area contributed by atoms with Gasteiger partial charge in [0.05, 0.1) is 17.9 Å². The van der Waals surface area contributed by atoms with E-state index in [1.165, 1.54) is 17.7 Å². The first-order chi connectivity index (χ1) is 18.9. The van der Waals surface area contributed by atoms with Crippen molar-refractivity contribution in [2.45, 2.75) is 26.3 Å². The Morgan fingerprint density at radius 3 is 2.36 bits per heavy atom. The maximum atomic E-state index is 13.3. The number of nitrogens with zero attached hydrogens (tertiary/aromatic N) is 2. The molecular weight excluding hydrogens is 518 g/mol. The summed E-state index contributed by atoms with van der Waals surface area (Å²) < 4.78 is 5.21. The molecule has 0 radical (unpaired) electrons. The number of para-hydroxylation sites is 1. The number of hydrogen-bond acceptors (Lipinski definition) is 6. The fraction of sp³-hybridized carbons (Fsp3) is 0.200. The van der Waals surface area contributed by atoms with Gasteiger partial charge >= 0.3 is 5.97 Å². The molecule has 0 unspecified atom stereocenters. The third-order valence-electron chi connectivity index (χ3n) is 6.65. The van der Waals surface area contributed by atoms with Crippen LogP contribution in [0, 0.1) is 0 Å². The van der Waals surface area contributed by atoms with Crippen LogP contribution in [-0.4, -0.2) is 41.7 Å². The first-order valence-corrected chi connectivity index (χ1v) is 13.0. The predicted molar refractivity (Wildman–Crippen MR) is 147 cm³/mol. The van der Waals surface area contributed by atoms with Crippen LogP contribution in [0.2, 0.25) is 0 Å². The molecule has 1 N–H and O–H groups in total. The fourth-order valence-electron chi connectivity index (χ4n) is 4.64. The molecule has 0 aliphatic carbocycles. The van der Waals surface area contributed by atoms with Gasteiger partial charge in [-0.05, 0) is 60.4 Å². The fourth-order valence-corrected chi connectivity index (χ4v) is 4.85. The molecule has 39 heavy (non-hydrogen) atoms. The molecule has 5 rings (SSSR count). The number of benzene rings is 3. The van der Waals surface area contributed by atoms with Crippen molar-refractivity contribution in [2.24, 2.45) is 0 Å². The number of anilines is 2. The second-order valence-electron chi connectivity index (χ2n) is 9.24. The summed E-state index contributed by atoms with van der Waals surface area (Å²) in [6, 6.07) is 21.0. The monoisotopic (exact) mass is 543 g/mol. The minimum Gasteiger partial charge on any atom is -0.462 e. The summed E-state index contributed by atoms with van der Waals surface area (Å²) >= 11 is 6.29. The molecule has 198 valence electrons. The number of nitrogens with one attached hydrogen (secondary N) is 1. The molecule has 2 aliphatic rings. The van der Waals surface area contributed by atoms with E-state index in [0.29, 0.717) is 30.8 Å². The molecule has 3 amide bonds. The van der Waals surface area contributed by atoms with Gasteiger partial charge in [-0.25, -0.2) is 9.69 Å². The van der Waals surface area contributed by atoms with Crippen LogP contribution in [-0.2, 0) is 27.3 Å². The Kier molecular flexibility index (Phi) is 7.47. The third-order valence-corrected chi connectivity index (χ3v) is 7.00. The average Bonchev–Trinajstić information content (AvgIpc) is 3.18. The molecule has 3 aromatic carbocycles. The van der Waals surface area contributed by atoms with Crippen molar-refractivity contribution in [3.05, 3.63) is 106 Å². The highest BCUT2D eigenvalue weighted by atomic mass is 35.5. The molecule has 0 saturated carbocycles. The average molecular weight is 544 g/mol. The maximum absolute atomic E-state index is 13.3. The summed E-state index contributed by atoms with van der Waals surface area (Å²) in [5, 5.41) is 2.60. The van der Waals surface area contributed by atoms with E-state index in [4.69, 9.17) is 16.3 Å². The maximum Gasteiger partial charge on any atom is 0.340 e. The van der Waals surface area contributed by atoms with Gasteiger partial charge in [-0.3, -0.25) is 14.4 Å². The second kappa shape index (κ2) is 11.1. The standard InChI is InChI=1S/C30H26ClN3O5/c1-2-17-39-30(38)23-9-5-6-10-24(23)34-28(36)25(31)26(29(34)37)32-22-13-11-20(12-14-22)27(35)33-16-15-19-7-3-4-8-21(19)18-33/h3-14,32H,2,15-18H2,1H3. The lowest BCUT2D eigenvalue weighted by atomic mass is 9.99. The first kappa shape index (κ1) is 26.2. The molecule has 3 aromatic rings. The molecule has 0 aromatic heterocycles. The Labute approximate surface area is 230 Å². The van der Waals surface area contributed by atoms with Crippen LogP contribution >= 0.6 is 11.6 Å². The smallest absolute Gasteiger partial charge is 0.340 e. The van der Waals surface area contributed by atoms with E-state index in [9.17, 15) is 19.2 Å². The Balaban J connectivity index is 1.31. The van der Waals surface area contributed by atoms with Crippen molar-refractivity contribution in [3.8, 4) is 0 Å². The molecule has 0 saturated heterocycles. The second-order valence-corrected chi connectivity index (χ2v) is 9.61. The number of carbonyl (C=O) groups excluding carboxylic acids is 4. The molecule has 0 atom stereocenters. The number of carbonyl (C=O) groups is 4. The van der Waals surface area contributed by atoms with E-state index in [1.807, 2.05) is 30.0 Å².